The SMILES string of the molecule is CNC(=O)C(C)N1CCC(C=O)CC1. The van der Waals surface area contributed by atoms with Gasteiger partial charge in [-0.05, 0) is 32.9 Å². The number of carbonyl (C=O) groups is 2. The fraction of sp³-hybridized carbons (Fsp3) is 0.800. The van der Waals surface area contributed by atoms with Crippen molar-refractivity contribution in [2.24, 2.45) is 5.92 Å². The predicted molar refractivity (Wildman–Crippen MR) is 53.9 cm³/mol. The maximum Gasteiger partial charge on any atom is 0.236 e. The highest BCUT2D eigenvalue weighted by atomic mass is 16.2. The third-order valence-corrected chi connectivity index (χ3v) is 2.94. The first-order valence-corrected chi connectivity index (χ1v) is 5.10. The number of hydrogen-bond acceptors (Lipinski definition) is 3. The van der Waals surface area contributed by atoms with Gasteiger partial charge in [0.2, 0.25) is 5.91 Å². The number of likely N-dealkylation sites (N-methyl/N-ethyl adjacent to an activating group) is 1. The van der Waals surface area contributed by atoms with Gasteiger partial charge in [0.15, 0.2) is 0 Å². The summed E-state index contributed by atoms with van der Waals surface area (Å²) in [6.07, 6.45) is 2.79. The minimum Gasteiger partial charge on any atom is -0.358 e. The van der Waals surface area contributed by atoms with Crippen LogP contribution in [-0.4, -0.2) is 43.3 Å². The van der Waals surface area contributed by atoms with E-state index in [-0.39, 0.29) is 17.9 Å². The summed E-state index contributed by atoms with van der Waals surface area (Å²) in [6, 6.07) is -0.0763. The lowest BCUT2D eigenvalue weighted by Gasteiger charge is -2.33. The Bertz CT molecular complexity index is 210. The number of rotatable bonds is 3. The zero-order chi connectivity index (χ0) is 10.6. The standard InChI is InChI=1S/C10H18N2O2/c1-8(10(14)11-2)12-5-3-9(7-13)4-6-12/h7-9H,3-6H2,1-2H3,(H,11,14). The van der Waals surface area contributed by atoms with Crippen LogP contribution in [0, 0.1) is 5.92 Å². The van der Waals surface area contributed by atoms with Crippen molar-refractivity contribution in [3.05, 3.63) is 0 Å². The number of likely N-dealkylation sites (tertiary alicyclic amines) is 1. The molecule has 0 aromatic carbocycles. The van der Waals surface area contributed by atoms with Crippen LogP contribution in [0.3, 0.4) is 0 Å². The van der Waals surface area contributed by atoms with Gasteiger partial charge in [0, 0.05) is 13.0 Å². The van der Waals surface area contributed by atoms with Crippen LogP contribution in [0.5, 0.6) is 0 Å². The number of carbonyl (C=O) groups excluding carboxylic acids is 2. The van der Waals surface area contributed by atoms with Crippen LogP contribution in [0.4, 0.5) is 0 Å². The molecular weight excluding hydrogens is 180 g/mol. The van der Waals surface area contributed by atoms with Crippen molar-refractivity contribution in [1.29, 1.82) is 0 Å². The van der Waals surface area contributed by atoms with Crippen LogP contribution in [0.1, 0.15) is 19.8 Å². The Morgan fingerprint density at radius 1 is 1.50 bits per heavy atom. The van der Waals surface area contributed by atoms with E-state index in [1.165, 1.54) is 0 Å². The number of piperidine rings is 1. The van der Waals surface area contributed by atoms with Crippen LogP contribution >= 0.6 is 0 Å². The van der Waals surface area contributed by atoms with Crippen LogP contribution in [0.2, 0.25) is 0 Å². The molecule has 0 saturated carbocycles. The first kappa shape index (κ1) is 11.2. The van der Waals surface area contributed by atoms with Crippen molar-refractivity contribution >= 4 is 12.2 Å². The topological polar surface area (TPSA) is 49.4 Å². The van der Waals surface area contributed by atoms with Gasteiger partial charge in [-0.15, -0.1) is 0 Å². The summed E-state index contributed by atoms with van der Waals surface area (Å²) in [4.78, 5) is 24.0. The van der Waals surface area contributed by atoms with Crippen LogP contribution in [0.25, 0.3) is 0 Å². The van der Waals surface area contributed by atoms with Gasteiger partial charge in [0.05, 0.1) is 6.04 Å². The van der Waals surface area contributed by atoms with Gasteiger partial charge >= 0.3 is 0 Å². The lowest BCUT2D eigenvalue weighted by atomic mass is 9.97. The van der Waals surface area contributed by atoms with E-state index in [2.05, 4.69) is 10.2 Å². The average Bonchev–Trinajstić information content (AvgIpc) is 2.27. The van der Waals surface area contributed by atoms with Gasteiger partial charge in [-0.3, -0.25) is 9.69 Å². The molecule has 4 heteroatoms. The Kier molecular flexibility index (Phi) is 4.07. The van der Waals surface area contributed by atoms with Crippen molar-refractivity contribution < 1.29 is 9.59 Å². The van der Waals surface area contributed by atoms with E-state index < -0.39 is 0 Å². The molecule has 14 heavy (non-hydrogen) atoms. The Labute approximate surface area is 84.7 Å². The maximum absolute atomic E-state index is 11.3. The van der Waals surface area contributed by atoms with E-state index in [9.17, 15) is 9.59 Å². The second kappa shape index (κ2) is 5.10. The third-order valence-electron chi connectivity index (χ3n) is 2.94. The lowest BCUT2D eigenvalue weighted by Crippen LogP contribution is -2.47. The second-order valence-electron chi connectivity index (χ2n) is 3.80. The molecule has 1 heterocycles. The first-order valence-electron chi connectivity index (χ1n) is 5.10. The van der Waals surface area contributed by atoms with Gasteiger partial charge in [-0.1, -0.05) is 0 Å². The Morgan fingerprint density at radius 3 is 2.50 bits per heavy atom. The van der Waals surface area contributed by atoms with Gasteiger partial charge in [0.25, 0.3) is 0 Å². The van der Waals surface area contributed by atoms with Crippen molar-refractivity contribution in [3.63, 3.8) is 0 Å². The summed E-state index contributed by atoms with van der Waals surface area (Å²) in [5.41, 5.74) is 0. The smallest absolute Gasteiger partial charge is 0.236 e. The quantitative estimate of drug-likeness (QED) is 0.651. The molecule has 4 nitrogen and oxygen atoms in total. The molecule has 0 aromatic rings. The van der Waals surface area contributed by atoms with E-state index in [0.717, 1.165) is 32.2 Å². The normalized spacial score (nSPS) is 21.6. The molecule has 80 valence electrons. The molecule has 0 aliphatic carbocycles. The minimum atomic E-state index is -0.0763. The lowest BCUT2D eigenvalue weighted by molar-refractivity contribution is -0.126. The molecular formula is C10H18N2O2. The summed E-state index contributed by atoms with van der Waals surface area (Å²) in [5, 5.41) is 2.64. The van der Waals surface area contributed by atoms with E-state index in [4.69, 9.17) is 0 Å². The third kappa shape index (κ3) is 2.54. The maximum atomic E-state index is 11.3. The molecule has 1 unspecified atom stereocenters. The first-order chi connectivity index (χ1) is 6.69. The van der Waals surface area contributed by atoms with E-state index in [1.54, 1.807) is 7.05 Å². The molecule has 1 fully saturated rings. The van der Waals surface area contributed by atoms with E-state index in [1.807, 2.05) is 6.92 Å². The number of nitrogens with one attached hydrogen (secondary N) is 1. The van der Waals surface area contributed by atoms with Gasteiger partial charge in [-0.2, -0.15) is 0 Å². The number of nitrogens with zero attached hydrogens (tertiary/aromatic N) is 1. The average molecular weight is 198 g/mol. The number of hydrogen-bond donors (Lipinski definition) is 1. The summed E-state index contributed by atoms with van der Waals surface area (Å²) in [7, 11) is 1.65. The zero-order valence-electron chi connectivity index (χ0n) is 8.82. The minimum absolute atomic E-state index is 0.0505. The number of amides is 1. The fourth-order valence-electron chi connectivity index (χ4n) is 1.82. The number of aldehydes is 1. The summed E-state index contributed by atoms with van der Waals surface area (Å²) < 4.78 is 0. The Morgan fingerprint density at radius 2 is 2.07 bits per heavy atom. The van der Waals surface area contributed by atoms with E-state index >= 15 is 0 Å². The molecule has 1 aliphatic rings. The molecule has 1 amide bonds. The van der Waals surface area contributed by atoms with E-state index in [0.29, 0.717) is 0 Å². The Hall–Kier alpha value is -0.900. The molecule has 1 N–H and O–H groups in total. The molecule has 0 radical (unpaired) electrons. The van der Waals surface area contributed by atoms with Crippen LogP contribution < -0.4 is 5.32 Å². The van der Waals surface area contributed by atoms with Crippen molar-refractivity contribution in [2.75, 3.05) is 20.1 Å². The second-order valence-corrected chi connectivity index (χ2v) is 3.80. The molecule has 1 rings (SSSR count). The summed E-state index contributed by atoms with van der Waals surface area (Å²) in [6.45, 7) is 3.59. The highest BCUT2D eigenvalue weighted by molar-refractivity contribution is 5.80. The van der Waals surface area contributed by atoms with Gasteiger partial charge in [-0.25, -0.2) is 0 Å². The largest absolute Gasteiger partial charge is 0.358 e. The highest BCUT2D eigenvalue weighted by Gasteiger charge is 2.25. The molecule has 0 bridgehead atoms. The molecule has 0 aromatic heterocycles. The van der Waals surface area contributed by atoms with Crippen molar-refractivity contribution in [3.8, 4) is 0 Å². The monoisotopic (exact) mass is 198 g/mol. The molecule has 1 aliphatic heterocycles. The van der Waals surface area contributed by atoms with Crippen molar-refractivity contribution in [1.82, 2.24) is 10.2 Å². The summed E-state index contributed by atoms with van der Waals surface area (Å²) in [5.74, 6) is 0.248. The Balaban J connectivity index is 2.41. The predicted octanol–water partition coefficient (Wildman–Crippen LogP) is 0.0318. The molecule has 1 saturated heterocycles. The van der Waals surface area contributed by atoms with Crippen molar-refractivity contribution in [2.45, 2.75) is 25.8 Å². The zero-order valence-corrected chi connectivity index (χ0v) is 8.82. The highest BCUT2D eigenvalue weighted by Crippen LogP contribution is 2.16. The summed E-state index contributed by atoms with van der Waals surface area (Å²) >= 11 is 0. The van der Waals surface area contributed by atoms with Gasteiger partial charge in [0.1, 0.15) is 6.29 Å². The van der Waals surface area contributed by atoms with Crippen LogP contribution in [0.15, 0.2) is 0 Å². The molecule has 1 atom stereocenters. The molecule has 0 spiro atoms. The van der Waals surface area contributed by atoms with Crippen LogP contribution in [-0.2, 0) is 9.59 Å². The van der Waals surface area contributed by atoms with Gasteiger partial charge < -0.3 is 10.1 Å². The fourth-order valence-corrected chi connectivity index (χ4v) is 1.82.